The van der Waals surface area contributed by atoms with Crippen LogP contribution in [0.5, 0.6) is 0 Å². The minimum Gasteiger partial charge on any atom is -0.377 e. The molecule has 4 heteroatoms. The first-order valence-electron chi connectivity index (χ1n) is 13.0. The van der Waals surface area contributed by atoms with Crippen LogP contribution in [0.4, 0.5) is 0 Å². The summed E-state index contributed by atoms with van der Waals surface area (Å²) in [6.45, 7) is 19.2. The van der Waals surface area contributed by atoms with Gasteiger partial charge in [-0.1, -0.05) is 53.5 Å². The lowest BCUT2D eigenvalue weighted by molar-refractivity contribution is -0.272. The van der Waals surface area contributed by atoms with Crippen LogP contribution >= 0.6 is 0 Å². The number of hydrogen-bond donors (Lipinski definition) is 1. The van der Waals surface area contributed by atoms with Crippen molar-refractivity contribution in [1.82, 2.24) is 0 Å². The normalized spacial score (nSPS) is 35.5. The highest BCUT2D eigenvalue weighted by molar-refractivity contribution is 5.28. The number of fused-ring (bicyclic) bond motifs is 2. The molecule has 2 bridgehead atoms. The third kappa shape index (κ3) is 6.79. The molecule has 1 heterocycles. The molecule has 0 radical (unpaired) electrons. The van der Waals surface area contributed by atoms with Crippen molar-refractivity contribution in [3.8, 4) is 0 Å². The van der Waals surface area contributed by atoms with Gasteiger partial charge in [-0.05, 0) is 70.8 Å². The Balaban J connectivity index is 0.00000113. The van der Waals surface area contributed by atoms with Crippen LogP contribution in [0.3, 0.4) is 0 Å². The maximum Gasteiger partial charge on any atom is 0.160 e. The van der Waals surface area contributed by atoms with Gasteiger partial charge in [-0.15, -0.1) is 0 Å². The van der Waals surface area contributed by atoms with E-state index in [-0.39, 0.29) is 17.6 Å². The molecule has 1 saturated carbocycles. The molecular weight excluding hydrogens is 388 g/mol. The number of hydrogen-bond acceptors (Lipinski definition) is 4. The summed E-state index contributed by atoms with van der Waals surface area (Å²) in [6, 6.07) is 0. The molecule has 3 aliphatic rings. The standard InChI is InChI=1S/C23H40O4.2C2H6/c1-7-8-19-18(14-26-19)17-9-10-20(25-6)21-15(2)11-12-23(13-17,16(21)3)27-22(4,5)24;2*1-2/h16-20,24H,7-14H2,1-6H3;2*1-2H3. The van der Waals surface area contributed by atoms with Crippen molar-refractivity contribution in [3.63, 3.8) is 0 Å². The van der Waals surface area contributed by atoms with Crippen LogP contribution < -0.4 is 0 Å². The molecule has 0 aromatic heterocycles. The van der Waals surface area contributed by atoms with Gasteiger partial charge < -0.3 is 19.3 Å². The van der Waals surface area contributed by atoms with E-state index < -0.39 is 5.79 Å². The van der Waals surface area contributed by atoms with E-state index >= 15 is 0 Å². The van der Waals surface area contributed by atoms with E-state index in [9.17, 15) is 5.11 Å². The van der Waals surface area contributed by atoms with Crippen LogP contribution in [-0.2, 0) is 14.2 Å². The third-order valence-corrected chi connectivity index (χ3v) is 7.32. The van der Waals surface area contributed by atoms with Crippen LogP contribution in [-0.4, -0.2) is 42.4 Å². The van der Waals surface area contributed by atoms with Crippen LogP contribution in [0.2, 0.25) is 0 Å². The van der Waals surface area contributed by atoms with Crippen LogP contribution in [0, 0.1) is 17.8 Å². The van der Waals surface area contributed by atoms with Gasteiger partial charge in [-0.2, -0.15) is 0 Å². The summed E-state index contributed by atoms with van der Waals surface area (Å²) in [6.07, 6.45) is 8.12. The van der Waals surface area contributed by atoms with E-state index in [4.69, 9.17) is 14.2 Å². The summed E-state index contributed by atoms with van der Waals surface area (Å²) in [4.78, 5) is 0. The largest absolute Gasteiger partial charge is 0.377 e. The number of ether oxygens (including phenoxy) is 3. The Labute approximate surface area is 193 Å². The smallest absolute Gasteiger partial charge is 0.160 e. The predicted molar refractivity (Wildman–Crippen MR) is 130 cm³/mol. The highest BCUT2D eigenvalue weighted by atomic mass is 16.6. The summed E-state index contributed by atoms with van der Waals surface area (Å²) in [7, 11) is 1.84. The van der Waals surface area contributed by atoms with Crippen molar-refractivity contribution < 1.29 is 19.3 Å². The SMILES string of the molecule is CC.CC.CCCC1OCC1C1CCC(OC)C2=C(C)CCC(OC(C)(C)O)(C1)C2C. The molecule has 0 aromatic carbocycles. The van der Waals surface area contributed by atoms with E-state index in [0.29, 0.717) is 17.9 Å². The lowest BCUT2D eigenvalue weighted by Crippen LogP contribution is -2.55. The van der Waals surface area contributed by atoms with Crippen molar-refractivity contribution in [2.45, 2.75) is 131 Å². The maximum absolute atomic E-state index is 10.6. The minimum atomic E-state index is -1.13. The third-order valence-electron chi connectivity index (χ3n) is 7.32. The molecule has 3 rings (SSSR count). The Morgan fingerprint density at radius 1 is 1.16 bits per heavy atom. The molecule has 4 nitrogen and oxygen atoms in total. The topological polar surface area (TPSA) is 47.9 Å². The molecule has 1 saturated heterocycles. The zero-order chi connectivity index (χ0) is 23.8. The van der Waals surface area contributed by atoms with Crippen LogP contribution in [0.1, 0.15) is 107 Å². The fourth-order valence-corrected chi connectivity index (χ4v) is 5.97. The lowest BCUT2D eigenvalue weighted by Gasteiger charge is -2.53. The average Bonchev–Trinajstić information content (AvgIpc) is 2.72. The molecule has 0 aromatic rings. The Morgan fingerprint density at radius 3 is 2.29 bits per heavy atom. The Hall–Kier alpha value is -0.420. The second-order valence-electron chi connectivity index (χ2n) is 9.66. The van der Waals surface area contributed by atoms with E-state index in [0.717, 1.165) is 45.1 Å². The summed E-state index contributed by atoms with van der Waals surface area (Å²) in [5.41, 5.74) is 2.56. The molecule has 6 unspecified atom stereocenters. The highest BCUT2D eigenvalue weighted by Crippen LogP contribution is 2.52. The molecule has 1 N–H and O–H groups in total. The predicted octanol–water partition coefficient (Wildman–Crippen LogP) is 6.90. The molecule has 1 aliphatic heterocycles. The second kappa shape index (κ2) is 12.7. The molecule has 0 spiro atoms. The van der Waals surface area contributed by atoms with Gasteiger partial charge in [0.05, 0.1) is 24.4 Å². The van der Waals surface area contributed by atoms with Crippen LogP contribution in [0.25, 0.3) is 0 Å². The van der Waals surface area contributed by atoms with Gasteiger partial charge in [0.25, 0.3) is 0 Å². The van der Waals surface area contributed by atoms with Crippen molar-refractivity contribution in [2.75, 3.05) is 13.7 Å². The van der Waals surface area contributed by atoms with Crippen molar-refractivity contribution in [1.29, 1.82) is 0 Å². The fourth-order valence-electron chi connectivity index (χ4n) is 5.97. The van der Waals surface area contributed by atoms with Gasteiger partial charge in [0, 0.05) is 18.9 Å². The first kappa shape index (κ1) is 28.6. The first-order valence-corrected chi connectivity index (χ1v) is 13.0. The monoisotopic (exact) mass is 440 g/mol. The number of rotatable bonds is 6. The summed E-state index contributed by atoms with van der Waals surface area (Å²) in [5.74, 6) is 0.315. The van der Waals surface area contributed by atoms with E-state index in [1.54, 1.807) is 13.8 Å². The van der Waals surface area contributed by atoms with Gasteiger partial charge in [-0.3, -0.25) is 0 Å². The second-order valence-corrected chi connectivity index (χ2v) is 9.66. The number of aliphatic hydroxyl groups is 1. The van der Waals surface area contributed by atoms with E-state index in [1.165, 1.54) is 17.6 Å². The molecule has 0 amide bonds. The molecule has 31 heavy (non-hydrogen) atoms. The van der Waals surface area contributed by atoms with Crippen molar-refractivity contribution in [3.05, 3.63) is 11.1 Å². The minimum absolute atomic E-state index is 0.165. The van der Waals surface area contributed by atoms with Gasteiger partial charge in [0.15, 0.2) is 5.79 Å². The van der Waals surface area contributed by atoms with Gasteiger partial charge in [-0.25, -0.2) is 0 Å². The van der Waals surface area contributed by atoms with Gasteiger partial charge in [0.2, 0.25) is 0 Å². The molecular formula is C27H52O4. The summed E-state index contributed by atoms with van der Waals surface area (Å²) < 4.78 is 18.4. The highest BCUT2D eigenvalue weighted by Gasteiger charge is 2.51. The van der Waals surface area contributed by atoms with Crippen molar-refractivity contribution >= 4 is 0 Å². The van der Waals surface area contributed by atoms with E-state index in [1.807, 2.05) is 34.8 Å². The number of methoxy groups -OCH3 is 1. The maximum atomic E-state index is 10.6. The van der Waals surface area contributed by atoms with Gasteiger partial charge in [0.1, 0.15) is 0 Å². The van der Waals surface area contributed by atoms with E-state index in [2.05, 4.69) is 20.8 Å². The van der Waals surface area contributed by atoms with Gasteiger partial charge >= 0.3 is 0 Å². The lowest BCUT2D eigenvalue weighted by atomic mass is 9.62. The zero-order valence-electron chi connectivity index (χ0n) is 22.2. The molecule has 2 aliphatic carbocycles. The molecule has 6 atom stereocenters. The Bertz CT molecular complexity index is 550. The number of allylic oxidation sites excluding steroid dienone is 1. The Kier molecular flexibility index (Phi) is 11.7. The molecule has 184 valence electrons. The fraction of sp³-hybridized carbons (Fsp3) is 0.926. The zero-order valence-corrected chi connectivity index (χ0v) is 22.2. The van der Waals surface area contributed by atoms with Crippen LogP contribution in [0.15, 0.2) is 11.1 Å². The quantitative estimate of drug-likeness (QED) is 0.360. The van der Waals surface area contributed by atoms with Crippen molar-refractivity contribution in [2.24, 2.45) is 17.8 Å². The molecule has 2 fully saturated rings. The average molecular weight is 441 g/mol. The first-order chi connectivity index (χ1) is 14.7. The Morgan fingerprint density at radius 2 is 1.81 bits per heavy atom. The summed E-state index contributed by atoms with van der Waals surface area (Å²) >= 11 is 0. The summed E-state index contributed by atoms with van der Waals surface area (Å²) in [5, 5.41) is 10.6.